The zero-order valence-corrected chi connectivity index (χ0v) is 30.6. The average Bonchev–Trinajstić information content (AvgIpc) is 3.00. The summed E-state index contributed by atoms with van der Waals surface area (Å²) in [4.78, 5) is 0. The molecule has 0 saturated heterocycles. The Hall–Kier alpha value is -2.29. The predicted molar refractivity (Wildman–Crippen MR) is 195 cm³/mol. The number of unbranched alkanes of at least 4 members (excludes halogenated alkanes) is 3. The van der Waals surface area contributed by atoms with Gasteiger partial charge < -0.3 is 13.9 Å². The third kappa shape index (κ3) is 11.9. The van der Waals surface area contributed by atoms with Crippen molar-refractivity contribution in [1.29, 1.82) is 0 Å². The molecule has 3 aromatic carbocycles. The molecule has 3 nitrogen and oxygen atoms in total. The summed E-state index contributed by atoms with van der Waals surface area (Å²) in [7, 11) is -3.70. The van der Waals surface area contributed by atoms with Gasteiger partial charge in [0.2, 0.25) is 0 Å². The highest BCUT2D eigenvalue weighted by Crippen LogP contribution is 2.38. The van der Waals surface area contributed by atoms with Gasteiger partial charge in [-0.2, -0.15) is 0 Å². The van der Waals surface area contributed by atoms with Gasteiger partial charge in [-0.25, -0.2) is 0 Å². The maximum atomic E-state index is 7.55. The van der Waals surface area contributed by atoms with Crippen LogP contribution in [0.4, 0.5) is 0 Å². The van der Waals surface area contributed by atoms with E-state index in [1.54, 1.807) is 0 Å². The van der Waals surface area contributed by atoms with Crippen molar-refractivity contribution in [3.63, 3.8) is 0 Å². The lowest BCUT2D eigenvalue weighted by Crippen LogP contribution is -2.67. The molecule has 5 heteroatoms. The van der Waals surface area contributed by atoms with Gasteiger partial charge in [0.25, 0.3) is 8.32 Å². The van der Waals surface area contributed by atoms with Crippen LogP contribution in [0.2, 0.25) is 30.7 Å². The average molecular weight is 631 g/mol. The zero-order valence-electron chi connectivity index (χ0n) is 28.6. The molecule has 0 heterocycles. The van der Waals surface area contributed by atoms with Crippen molar-refractivity contribution in [1.82, 2.24) is 0 Å². The van der Waals surface area contributed by atoms with Gasteiger partial charge in [-0.15, -0.1) is 0 Å². The molecule has 0 fully saturated rings. The van der Waals surface area contributed by atoms with Crippen LogP contribution in [0.15, 0.2) is 97.1 Å². The Kier molecular flexibility index (Phi) is 14.8. The molecule has 2 atom stereocenters. The number of ether oxygens (including phenoxy) is 2. The highest BCUT2D eigenvalue weighted by Gasteiger charge is 2.51. The minimum absolute atomic E-state index is 0.0251. The standard InChI is InChI=1S/C39H58O3Si2/c1-34(41-33-40-31-32-43(5,6)7)21-13-8-9-16-24-36(30-29-35-22-14-10-15-23-35)42-44(39(2,3)4,37-25-17-11-18-26-37)38-27-19-12-20-28-38/h10-12,14-15,17-20,22-23,25-30,34,36H,8-9,13,16,21,24,31-33H2,1-7H3/b30-29+/t34-,36-/m1/s1. The van der Waals surface area contributed by atoms with Crippen LogP contribution in [0, 0.1) is 0 Å². The third-order valence-electron chi connectivity index (χ3n) is 8.33. The van der Waals surface area contributed by atoms with Gasteiger partial charge >= 0.3 is 0 Å². The monoisotopic (exact) mass is 630 g/mol. The molecule has 0 N–H and O–H groups in total. The predicted octanol–water partition coefficient (Wildman–Crippen LogP) is 9.70. The summed E-state index contributed by atoms with van der Waals surface area (Å²) in [6.07, 6.45) is 11.6. The second kappa shape index (κ2) is 18.0. The molecular formula is C39H58O3Si2. The fourth-order valence-corrected chi connectivity index (χ4v) is 11.1. The minimum Gasteiger partial charge on any atom is -0.401 e. The summed E-state index contributed by atoms with van der Waals surface area (Å²) >= 11 is 0. The van der Waals surface area contributed by atoms with Crippen LogP contribution in [0.5, 0.6) is 0 Å². The van der Waals surface area contributed by atoms with Crippen LogP contribution in [0.25, 0.3) is 6.08 Å². The molecule has 0 aliphatic rings. The molecule has 0 spiro atoms. The highest BCUT2D eigenvalue weighted by molar-refractivity contribution is 6.99. The van der Waals surface area contributed by atoms with E-state index < -0.39 is 16.4 Å². The van der Waals surface area contributed by atoms with Crippen LogP contribution >= 0.6 is 0 Å². The number of hydrogen-bond donors (Lipinski definition) is 0. The summed E-state index contributed by atoms with van der Waals surface area (Å²) in [5.41, 5.74) is 1.21. The van der Waals surface area contributed by atoms with Crippen molar-refractivity contribution < 1.29 is 13.9 Å². The van der Waals surface area contributed by atoms with Crippen molar-refractivity contribution >= 4 is 32.8 Å². The largest absolute Gasteiger partial charge is 0.401 e. The first kappa shape index (κ1) is 36.2. The topological polar surface area (TPSA) is 27.7 Å². The number of hydrogen-bond acceptors (Lipinski definition) is 3. The fourth-order valence-electron chi connectivity index (χ4n) is 5.71. The maximum absolute atomic E-state index is 7.55. The molecular weight excluding hydrogens is 573 g/mol. The van der Waals surface area contributed by atoms with E-state index in [0.29, 0.717) is 6.79 Å². The summed E-state index contributed by atoms with van der Waals surface area (Å²) in [5.74, 6) is 0. The SMILES string of the molecule is C[C@H](CCCCCC[C@H](/C=C/c1ccccc1)O[Si](c1ccccc1)(c1ccccc1)C(C)(C)C)OCOCC[Si](C)(C)C. The first-order valence-electron chi connectivity index (χ1n) is 16.7. The Morgan fingerprint density at radius 3 is 1.75 bits per heavy atom. The second-order valence-electron chi connectivity index (χ2n) is 14.4. The lowest BCUT2D eigenvalue weighted by Gasteiger charge is -2.45. The van der Waals surface area contributed by atoms with Crippen LogP contribution in [-0.2, 0) is 13.9 Å². The maximum Gasteiger partial charge on any atom is 0.261 e. The molecule has 0 aliphatic heterocycles. The Balaban J connectivity index is 1.66. The molecule has 0 saturated carbocycles. The van der Waals surface area contributed by atoms with Crippen LogP contribution in [0.3, 0.4) is 0 Å². The first-order valence-corrected chi connectivity index (χ1v) is 22.3. The molecule has 240 valence electrons. The van der Waals surface area contributed by atoms with Gasteiger partial charge in [0.15, 0.2) is 0 Å². The summed E-state index contributed by atoms with van der Waals surface area (Å²) in [6.45, 7) is 17.6. The van der Waals surface area contributed by atoms with E-state index in [1.165, 1.54) is 41.2 Å². The van der Waals surface area contributed by atoms with Crippen molar-refractivity contribution in [2.45, 2.75) is 109 Å². The molecule has 0 amide bonds. The second-order valence-corrected chi connectivity index (χ2v) is 24.3. The van der Waals surface area contributed by atoms with Gasteiger partial charge in [0.05, 0.1) is 12.2 Å². The molecule has 0 unspecified atom stereocenters. The van der Waals surface area contributed by atoms with Gasteiger partial charge in [0.1, 0.15) is 6.79 Å². The number of rotatable bonds is 19. The Morgan fingerprint density at radius 2 is 1.23 bits per heavy atom. The van der Waals surface area contributed by atoms with Crippen molar-refractivity contribution in [3.8, 4) is 0 Å². The summed E-state index contributed by atoms with van der Waals surface area (Å²) in [5, 5.41) is 2.61. The van der Waals surface area contributed by atoms with E-state index in [-0.39, 0.29) is 17.2 Å². The van der Waals surface area contributed by atoms with Crippen molar-refractivity contribution in [3.05, 3.63) is 103 Å². The van der Waals surface area contributed by atoms with Gasteiger partial charge in [-0.05, 0) is 46.8 Å². The molecule has 44 heavy (non-hydrogen) atoms. The van der Waals surface area contributed by atoms with Crippen LogP contribution < -0.4 is 10.4 Å². The van der Waals surface area contributed by atoms with E-state index in [2.05, 4.69) is 150 Å². The fraction of sp³-hybridized carbons (Fsp3) is 0.487. The Labute approximate surface area is 271 Å². The molecule has 0 aliphatic carbocycles. The zero-order chi connectivity index (χ0) is 31.9. The highest BCUT2D eigenvalue weighted by atomic mass is 28.4. The Bertz CT molecular complexity index is 1160. The van der Waals surface area contributed by atoms with Gasteiger partial charge in [-0.1, -0.05) is 169 Å². The minimum atomic E-state index is -2.65. The van der Waals surface area contributed by atoms with Crippen molar-refractivity contribution in [2.75, 3.05) is 13.4 Å². The van der Waals surface area contributed by atoms with Crippen molar-refractivity contribution in [2.24, 2.45) is 0 Å². The Morgan fingerprint density at radius 1 is 0.705 bits per heavy atom. The molecule has 3 aromatic rings. The molecule has 3 rings (SSSR count). The third-order valence-corrected chi connectivity index (χ3v) is 15.1. The first-order chi connectivity index (χ1) is 21.0. The summed E-state index contributed by atoms with van der Waals surface area (Å²) in [6, 6.07) is 33.8. The summed E-state index contributed by atoms with van der Waals surface area (Å²) < 4.78 is 19.2. The van der Waals surface area contributed by atoms with E-state index in [4.69, 9.17) is 13.9 Å². The normalized spacial score (nSPS) is 14.2. The quantitative estimate of drug-likeness (QED) is 0.0750. The van der Waals surface area contributed by atoms with Gasteiger partial charge in [-0.3, -0.25) is 0 Å². The number of benzene rings is 3. The molecule has 0 radical (unpaired) electrons. The van der Waals surface area contributed by atoms with E-state index >= 15 is 0 Å². The van der Waals surface area contributed by atoms with E-state index in [1.807, 2.05) is 0 Å². The smallest absolute Gasteiger partial charge is 0.261 e. The molecule has 0 aromatic heterocycles. The lowest BCUT2D eigenvalue weighted by atomic mass is 10.1. The molecule has 0 bridgehead atoms. The van der Waals surface area contributed by atoms with Crippen LogP contribution in [0.1, 0.15) is 71.8 Å². The van der Waals surface area contributed by atoms with E-state index in [0.717, 1.165) is 25.9 Å². The van der Waals surface area contributed by atoms with Gasteiger partial charge in [0, 0.05) is 14.7 Å². The lowest BCUT2D eigenvalue weighted by molar-refractivity contribution is -0.0828. The van der Waals surface area contributed by atoms with E-state index in [9.17, 15) is 0 Å². The van der Waals surface area contributed by atoms with Crippen LogP contribution in [-0.4, -0.2) is 42.0 Å².